The van der Waals surface area contributed by atoms with Crippen molar-refractivity contribution < 1.29 is 0 Å². The Hall–Kier alpha value is 0.500. The van der Waals surface area contributed by atoms with Crippen LogP contribution in [0.3, 0.4) is 0 Å². The SMILES string of the molecule is C1CC2CNCC2C(N2CCCC2)C1.Cl.Cl. The van der Waals surface area contributed by atoms with Crippen molar-refractivity contribution in [1.82, 2.24) is 10.2 Å². The highest BCUT2D eigenvalue weighted by Crippen LogP contribution is 2.36. The second kappa shape index (κ2) is 6.44. The van der Waals surface area contributed by atoms with Gasteiger partial charge < -0.3 is 10.2 Å². The molecule has 4 heteroatoms. The summed E-state index contributed by atoms with van der Waals surface area (Å²) < 4.78 is 0. The molecule has 2 aliphatic heterocycles. The topological polar surface area (TPSA) is 15.3 Å². The molecular weight excluding hydrogens is 243 g/mol. The van der Waals surface area contributed by atoms with Crippen LogP contribution >= 0.6 is 24.8 Å². The summed E-state index contributed by atoms with van der Waals surface area (Å²) in [4.78, 5) is 2.78. The summed E-state index contributed by atoms with van der Waals surface area (Å²) in [6.45, 7) is 5.36. The van der Waals surface area contributed by atoms with Crippen LogP contribution in [0.5, 0.6) is 0 Å². The molecule has 0 aromatic carbocycles. The van der Waals surface area contributed by atoms with E-state index in [4.69, 9.17) is 0 Å². The lowest BCUT2D eigenvalue weighted by molar-refractivity contribution is 0.111. The van der Waals surface area contributed by atoms with Crippen molar-refractivity contribution in [3.05, 3.63) is 0 Å². The fourth-order valence-corrected chi connectivity index (χ4v) is 3.85. The maximum absolute atomic E-state index is 3.59. The zero-order valence-electron chi connectivity index (χ0n) is 9.86. The standard InChI is InChI=1S/C12H22N2.2ClH/c1-2-7-14(6-1)12-5-3-4-10-8-13-9-11(10)12;;/h10-13H,1-9H2;2*1H. The average molecular weight is 267 g/mol. The summed E-state index contributed by atoms with van der Waals surface area (Å²) in [6, 6.07) is 0.936. The molecular formula is C12H24Cl2N2. The lowest BCUT2D eigenvalue weighted by Crippen LogP contribution is -2.44. The first kappa shape index (κ1) is 14.6. The minimum Gasteiger partial charge on any atom is -0.316 e. The lowest BCUT2D eigenvalue weighted by Gasteiger charge is -2.39. The van der Waals surface area contributed by atoms with Gasteiger partial charge in [-0.15, -0.1) is 24.8 Å². The first-order chi connectivity index (χ1) is 6.95. The molecule has 0 aromatic rings. The molecule has 3 fully saturated rings. The maximum atomic E-state index is 3.59. The fourth-order valence-electron chi connectivity index (χ4n) is 3.85. The van der Waals surface area contributed by atoms with E-state index in [9.17, 15) is 0 Å². The summed E-state index contributed by atoms with van der Waals surface area (Å²) in [6.07, 6.45) is 7.33. The van der Waals surface area contributed by atoms with Crippen molar-refractivity contribution in [2.75, 3.05) is 26.2 Å². The van der Waals surface area contributed by atoms with Crippen molar-refractivity contribution in [1.29, 1.82) is 0 Å². The van der Waals surface area contributed by atoms with Crippen LogP contribution in [0.1, 0.15) is 32.1 Å². The van der Waals surface area contributed by atoms with Gasteiger partial charge in [-0.3, -0.25) is 0 Å². The van der Waals surface area contributed by atoms with E-state index >= 15 is 0 Å². The van der Waals surface area contributed by atoms with Crippen LogP contribution < -0.4 is 5.32 Å². The highest BCUT2D eigenvalue weighted by Gasteiger charge is 2.39. The highest BCUT2D eigenvalue weighted by molar-refractivity contribution is 5.85. The smallest absolute Gasteiger partial charge is 0.0139 e. The third-order valence-electron chi connectivity index (χ3n) is 4.57. The monoisotopic (exact) mass is 266 g/mol. The van der Waals surface area contributed by atoms with Crippen molar-refractivity contribution in [3.8, 4) is 0 Å². The summed E-state index contributed by atoms with van der Waals surface area (Å²) in [5.74, 6) is 2.00. The van der Waals surface area contributed by atoms with E-state index in [-0.39, 0.29) is 24.8 Å². The summed E-state index contributed by atoms with van der Waals surface area (Å²) in [7, 11) is 0. The Morgan fingerprint density at radius 2 is 1.62 bits per heavy atom. The van der Waals surface area contributed by atoms with E-state index in [1.807, 2.05) is 0 Å². The van der Waals surface area contributed by atoms with E-state index < -0.39 is 0 Å². The van der Waals surface area contributed by atoms with Crippen LogP contribution in [0.25, 0.3) is 0 Å². The number of halogens is 2. The Morgan fingerprint density at radius 1 is 0.875 bits per heavy atom. The first-order valence-electron chi connectivity index (χ1n) is 6.40. The Kier molecular flexibility index (Phi) is 5.86. The molecule has 0 amide bonds. The van der Waals surface area contributed by atoms with E-state index in [0.717, 1.165) is 17.9 Å². The van der Waals surface area contributed by atoms with Crippen molar-refractivity contribution >= 4 is 24.8 Å². The Bertz CT molecular complexity index is 207. The number of likely N-dealkylation sites (tertiary alicyclic amines) is 1. The second-order valence-corrected chi connectivity index (χ2v) is 5.32. The van der Waals surface area contributed by atoms with Gasteiger partial charge in [0.15, 0.2) is 0 Å². The largest absolute Gasteiger partial charge is 0.316 e. The molecule has 0 spiro atoms. The van der Waals surface area contributed by atoms with Gasteiger partial charge >= 0.3 is 0 Å². The third kappa shape index (κ3) is 2.66. The number of hydrogen-bond acceptors (Lipinski definition) is 2. The van der Waals surface area contributed by atoms with Crippen LogP contribution in [0.4, 0.5) is 0 Å². The number of hydrogen-bond donors (Lipinski definition) is 1. The van der Waals surface area contributed by atoms with Crippen LogP contribution in [0.15, 0.2) is 0 Å². The maximum Gasteiger partial charge on any atom is 0.0139 e. The Morgan fingerprint density at radius 3 is 2.38 bits per heavy atom. The van der Waals surface area contributed by atoms with Crippen molar-refractivity contribution in [2.45, 2.75) is 38.1 Å². The van der Waals surface area contributed by atoms with Gasteiger partial charge in [-0.05, 0) is 63.7 Å². The molecule has 0 aromatic heterocycles. The zero-order chi connectivity index (χ0) is 9.38. The minimum absolute atomic E-state index is 0. The molecule has 0 bridgehead atoms. The number of fused-ring (bicyclic) bond motifs is 1. The summed E-state index contributed by atoms with van der Waals surface area (Å²) in [5.41, 5.74) is 0. The molecule has 1 N–H and O–H groups in total. The second-order valence-electron chi connectivity index (χ2n) is 5.32. The predicted molar refractivity (Wildman–Crippen MR) is 72.8 cm³/mol. The average Bonchev–Trinajstić information content (AvgIpc) is 2.88. The van der Waals surface area contributed by atoms with Gasteiger partial charge in [-0.2, -0.15) is 0 Å². The molecule has 0 radical (unpaired) electrons. The molecule has 1 aliphatic carbocycles. The van der Waals surface area contributed by atoms with Gasteiger partial charge in [0.05, 0.1) is 0 Å². The normalized spacial score (nSPS) is 38.6. The molecule has 2 saturated heterocycles. The first-order valence-corrected chi connectivity index (χ1v) is 6.40. The lowest BCUT2D eigenvalue weighted by atomic mass is 9.77. The zero-order valence-corrected chi connectivity index (χ0v) is 11.5. The van der Waals surface area contributed by atoms with Gasteiger partial charge in [-0.25, -0.2) is 0 Å². The number of nitrogens with zero attached hydrogens (tertiary/aromatic N) is 1. The highest BCUT2D eigenvalue weighted by atomic mass is 35.5. The predicted octanol–water partition coefficient (Wildman–Crippen LogP) is 2.31. The number of nitrogens with one attached hydrogen (secondary N) is 1. The van der Waals surface area contributed by atoms with Gasteiger partial charge in [0.1, 0.15) is 0 Å². The minimum atomic E-state index is 0. The Labute approximate surface area is 111 Å². The van der Waals surface area contributed by atoms with E-state index in [1.165, 1.54) is 58.3 Å². The molecule has 16 heavy (non-hydrogen) atoms. The van der Waals surface area contributed by atoms with Crippen molar-refractivity contribution in [3.63, 3.8) is 0 Å². The van der Waals surface area contributed by atoms with Crippen LogP contribution in [-0.2, 0) is 0 Å². The van der Waals surface area contributed by atoms with Crippen LogP contribution in [-0.4, -0.2) is 37.1 Å². The molecule has 1 saturated carbocycles. The van der Waals surface area contributed by atoms with E-state index in [0.29, 0.717) is 0 Å². The van der Waals surface area contributed by atoms with E-state index in [1.54, 1.807) is 0 Å². The fraction of sp³-hybridized carbons (Fsp3) is 1.00. The third-order valence-corrected chi connectivity index (χ3v) is 4.57. The molecule has 3 rings (SSSR count). The Balaban J connectivity index is 0.000000640. The van der Waals surface area contributed by atoms with E-state index in [2.05, 4.69) is 10.2 Å². The van der Waals surface area contributed by atoms with Crippen molar-refractivity contribution in [2.24, 2.45) is 11.8 Å². The summed E-state index contributed by atoms with van der Waals surface area (Å²) in [5, 5.41) is 3.59. The van der Waals surface area contributed by atoms with Gasteiger partial charge in [0.25, 0.3) is 0 Å². The molecule has 2 heterocycles. The quantitative estimate of drug-likeness (QED) is 0.784. The molecule has 96 valence electrons. The molecule has 3 unspecified atom stereocenters. The van der Waals surface area contributed by atoms with Gasteiger partial charge in [0.2, 0.25) is 0 Å². The van der Waals surface area contributed by atoms with Gasteiger partial charge in [-0.1, -0.05) is 6.42 Å². The van der Waals surface area contributed by atoms with Crippen LogP contribution in [0, 0.1) is 11.8 Å². The molecule has 2 nitrogen and oxygen atoms in total. The number of rotatable bonds is 1. The molecule has 3 atom stereocenters. The molecule has 3 aliphatic rings. The van der Waals surface area contributed by atoms with Gasteiger partial charge in [0, 0.05) is 6.04 Å². The summed E-state index contributed by atoms with van der Waals surface area (Å²) >= 11 is 0. The van der Waals surface area contributed by atoms with Crippen LogP contribution in [0.2, 0.25) is 0 Å².